The fourth-order valence-electron chi connectivity index (χ4n) is 3.72. The second-order valence-electron chi connectivity index (χ2n) is 8.25. The molecule has 8 nitrogen and oxygen atoms in total. The molecule has 34 heavy (non-hydrogen) atoms. The minimum Gasteiger partial charge on any atom is -0.482 e. The molecule has 0 fully saturated rings. The first kappa shape index (κ1) is 28.3. The Hall–Kier alpha value is -1.95. The zero-order valence-electron chi connectivity index (χ0n) is 20.0. The summed E-state index contributed by atoms with van der Waals surface area (Å²) in [6.07, 6.45) is 2.03. The highest BCUT2D eigenvalue weighted by Gasteiger charge is 2.40. The number of aliphatic hydroxyl groups excluding tert-OH is 2. The summed E-state index contributed by atoms with van der Waals surface area (Å²) in [7, 11) is 0. The third-order valence-electron chi connectivity index (χ3n) is 5.30. The highest BCUT2D eigenvalue weighted by molar-refractivity contribution is 14.1. The van der Waals surface area contributed by atoms with Crippen molar-refractivity contribution in [3.05, 3.63) is 51.1 Å². The number of nitrogens with one attached hydrogen (secondary N) is 1. The fourth-order valence-corrected chi connectivity index (χ4v) is 4.23. The van der Waals surface area contributed by atoms with E-state index in [-0.39, 0.29) is 31.4 Å². The highest BCUT2D eigenvalue weighted by Crippen LogP contribution is 2.30. The summed E-state index contributed by atoms with van der Waals surface area (Å²) in [5.41, 5.74) is 1.24. The topological polar surface area (TPSA) is 108 Å². The Morgan fingerprint density at radius 1 is 1.29 bits per heavy atom. The maximum absolute atomic E-state index is 13.1. The number of halogens is 1. The molecule has 0 bridgehead atoms. The molecule has 0 heterocycles. The molecule has 0 aliphatic heterocycles. The Morgan fingerprint density at radius 2 is 2.03 bits per heavy atom. The van der Waals surface area contributed by atoms with Crippen LogP contribution >= 0.6 is 22.6 Å². The molecule has 0 saturated heterocycles. The zero-order chi connectivity index (χ0) is 25.1. The molecular formula is C25H35IN2O6. The maximum atomic E-state index is 13.1. The molecule has 2 rings (SSSR count). The molecule has 1 aliphatic rings. The lowest BCUT2D eigenvalue weighted by molar-refractivity contribution is -0.133. The predicted octanol–water partition coefficient (Wildman–Crippen LogP) is 2.43. The SMILES string of the molecule is CCOCCCN(C(=O)C=C(C)C)[C@@H]1CC(C(=O)NCCO)=C[C@H](Oc2ccccc2I)[C@H]1O. The second-order valence-corrected chi connectivity index (χ2v) is 9.41. The molecule has 1 aromatic rings. The first-order valence-corrected chi connectivity index (χ1v) is 12.6. The zero-order valence-corrected chi connectivity index (χ0v) is 22.2. The van der Waals surface area contributed by atoms with Crippen molar-refractivity contribution in [1.29, 1.82) is 0 Å². The smallest absolute Gasteiger partial charge is 0.247 e. The minimum atomic E-state index is -1.05. The molecule has 3 atom stereocenters. The number of nitrogens with zero attached hydrogens (tertiary/aromatic N) is 1. The number of carbonyl (C=O) groups is 2. The van der Waals surface area contributed by atoms with Gasteiger partial charge in [0, 0.05) is 44.4 Å². The van der Waals surface area contributed by atoms with Crippen LogP contribution in [0.3, 0.4) is 0 Å². The van der Waals surface area contributed by atoms with Crippen molar-refractivity contribution >= 4 is 34.4 Å². The van der Waals surface area contributed by atoms with Gasteiger partial charge in [-0.3, -0.25) is 9.59 Å². The number of rotatable bonds is 12. The third-order valence-corrected chi connectivity index (χ3v) is 6.19. The van der Waals surface area contributed by atoms with Gasteiger partial charge in [-0.1, -0.05) is 17.7 Å². The van der Waals surface area contributed by atoms with E-state index >= 15 is 0 Å². The van der Waals surface area contributed by atoms with Crippen LogP contribution in [0.1, 0.15) is 33.6 Å². The van der Waals surface area contributed by atoms with Gasteiger partial charge < -0.3 is 29.9 Å². The Kier molecular flexibility index (Phi) is 12.0. The summed E-state index contributed by atoms with van der Waals surface area (Å²) in [6.45, 7) is 6.94. The van der Waals surface area contributed by atoms with Crippen LogP contribution in [0, 0.1) is 3.57 Å². The second kappa shape index (κ2) is 14.4. The van der Waals surface area contributed by atoms with E-state index in [2.05, 4.69) is 27.9 Å². The summed E-state index contributed by atoms with van der Waals surface area (Å²) < 4.78 is 12.4. The molecule has 1 aliphatic carbocycles. The predicted molar refractivity (Wildman–Crippen MR) is 138 cm³/mol. The van der Waals surface area contributed by atoms with Crippen molar-refractivity contribution in [2.75, 3.05) is 32.9 Å². The van der Waals surface area contributed by atoms with Crippen LogP contribution < -0.4 is 10.1 Å². The van der Waals surface area contributed by atoms with Crippen LogP contribution in [0.25, 0.3) is 0 Å². The van der Waals surface area contributed by atoms with Crippen LogP contribution in [0.5, 0.6) is 5.75 Å². The summed E-state index contributed by atoms with van der Waals surface area (Å²) in [4.78, 5) is 27.5. The van der Waals surface area contributed by atoms with E-state index in [1.807, 2.05) is 39.0 Å². The fraction of sp³-hybridized carbons (Fsp3) is 0.520. The number of benzene rings is 1. The van der Waals surface area contributed by atoms with E-state index in [4.69, 9.17) is 14.6 Å². The molecule has 0 unspecified atom stereocenters. The monoisotopic (exact) mass is 586 g/mol. The lowest BCUT2D eigenvalue weighted by atomic mass is 9.88. The van der Waals surface area contributed by atoms with E-state index in [1.165, 1.54) is 6.08 Å². The van der Waals surface area contributed by atoms with Gasteiger partial charge in [0.1, 0.15) is 18.0 Å². The van der Waals surface area contributed by atoms with E-state index in [0.29, 0.717) is 37.5 Å². The van der Waals surface area contributed by atoms with E-state index in [0.717, 1.165) is 9.14 Å². The van der Waals surface area contributed by atoms with E-state index in [1.54, 1.807) is 17.0 Å². The molecule has 3 N–H and O–H groups in total. The Bertz CT molecular complexity index is 884. The largest absolute Gasteiger partial charge is 0.482 e. The summed E-state index contributed by atoms with van der Waals surface area (Å²) >= 11 is 2.15. The molecule has 1 aromatic carbocycles. The lowest BCUT2D eigenvalue weighted by Crippen LogP contribution is -2.55. The average Bonchev–Trinajstić information content (AvgIpc) is 2.80. The number of allylic oxidation sites excluding steroid dienone is 1. The molecule has 2 amide bonds. The van der Waals surface area contributed by atoms with E-state index in [9.17, 15) is 14.7 Å². The van der Waals surface area contributed by atoms with Gasteiger partial charge >= 0.3 is 0 Å². The molecule has 0 saturated carbocycles. The molecule has 188 valence electrons. The normalized spacial score (nSPS) is 19.7. The van der Waals surface area contributed by atoms with Gasteiger partial charge in [0.05, 0.1) is 16.2 Å². The number of aliphatic hydroxyl groups is 2. The van der Waals surface area contributed by atoms with Crippen LogP contribution in [0.15, 0.2) is 47.6 Å². The van der Waals surface area contributed by atoms with Crippen molar-refractivity contribution in [2.24, 2.45) is 0 Å². The third kappa shape index (κ3) is 8.37. The standard InChI is InChI=1S/C25H35IN2O6/c1-4-33-13-7-11-28(23(30)14-17(2)3)20-15-18(25(32)27-10-12-29)16-22(24(20)31)34-21-9-6-5-8-19(21)26/h5-6,8-9,14,16,20,22,24,29,31H,4,7,10-13,15H2,1-3H3,(H,27,32)/t20-,22+,24+/m1/s1. The molecular weight excluding hydrogens is 551 g/mol. The van der Waals surface area contributed by atoms with Crippen LogP contribution in [0.2, 0.25) is 0 Å². The Labute approximate surface area is 215 Å². The van der Waals surface area contributed by atoms with Crippen molar-refractivity contribution < 1.29 is 29.3 Å². The van der Waals surface area contributed by atoms with Crippen LogP contribution in [0.4, 0.5) is 0 Å². The average molecular weight is 586 g/mol. The number of hydrogen-bond acceptors (Lipinski definition) is 6. The first-order valence-electron chi connectivity index (χ1n) is 11.5. The van der Waals surface area contributed by atoms with Crippen LogP contribution in [-0.2, 0) is 14.3 Å². The molecule has 0 spiro atoms. The van der Waals surface area contributed by atoms with Crippen molar-refractivity contribution in [2.45, 2.75) is 51.9 Å². The van der Waals surface area contributed by atoms with Gasteiger partial charge in [0.15, 0.2) is 0 Å². The van der Waals surface area contributed by atoms with Gasteiger partial charge in [-0.25, -0.2) is 0 Å². The van der Waals surface area contributed by atoms with Gasteiger partial charge in [-0.05, 0) is 68.0 Å². The molecule has 0 radical (unpaired) electrons. The van der Waals surface area contributed by atoms with Gasteiger partial charge in [-0.15, -0.1) is 0 Å². The highest BCUT2D eigenvalue weighted by atomic mass is 127. The summed E-state index contributed by atoms with van der Waals surface area (Å²) in [6, 6.07) is 6.74. The Balaban J connectivity index is 2.38. The van der Waals surface area contributed by atoms with Crippen LogP contribution in [-0.4, -0.2) is 78.1 Å². The summed E-state index contributed by atoms with van der Waals surface area (Å²) in [5, 5.41) is 23.1. The summed E-state index contributed by atoms with van der Waals surface area (Å²) in [5.74, 6) is -0.00506. The van der Waals surface area contributed by atoms with Crippen molar-refractivity contribution in [3.63, 3.8) is 0 Å². The van der Waals surface area contributed by atoms with Gasteiger partial charge in [0.25, 0.3) is 0 Å². The quantitative estimate of drug-likeness (QED) is 0.197. The number of amides is 2. The minimum absolute atomic E-state index is 0.111. The van der Waals surface area contributed by atoms with Crippen molar-refractivity contribution in [3.8, 4) is 5.75 Å². The number of ether oxygens (including phenoxy) is 2. The number of para-hydroxylation sites is 1. The van der Waals surface area contributed by atoms with Crippen molar-refractivity contribution in [1.82, 2.24) is 10.2 Å². The lowest BCUT2D eigenvalue weighted by Gasteiger charge is -2.40. The number of carbonyl (C=O) groups excluding carboxylic acids is 2. The van der Waals surface area contributed by atoms with Gasteiger partial charge in [-0.2, -0.15) is 0 Å². The Morgan fingerprint density at radius 3 is 2.68 bits per heavy atom. The number of hydrogen-bond donors (Lipinski definition) is 3. The van der Waals surface area contributed by atoms with E-state index < -0.39 is 18.2 Å². The first-order chi connectivity index (χ1) is 16.3. The van der Waals surface area contributed by atoms with Gasteiger partial charge in [0.2, 0.25) is 11.8 Å². The molecule has 9 heteroatoms. The maximum Gasteiger partial charge on any atom is 0.247 e. The molecule has 0 aromatic heterocycles.